The molecule has 0 saturated carbocycles. The van der Waals surface area contributed by atoms with Crippen LogP contribution in [-0.2, 0) is 0 Å². The number of ether oxygens (including phenoxy) is 1. The lowest BCUT2D eigenvalue weighted by Crippen LogP contribution is -2.30. The number of hydrogen-bond donors (Lipinski definition) is 2. The second kappa shape index (κ2) is 4.91. The number of rotatable bonds is 2. The van der Waals surface area contributed by atoms with Crippen LogP contribution >= 0.6 is 0 Å². The molecule has 1 aliphatic rings. The van der Waals surface area contributed by atoms with Gasteiger partial charge in [0.2, 0.25) is 0 Å². The Balaban J connectivity index is 2.29. The summed E-state index contributed by atoms with van der Waals surface area (Å²) in [5, 5.41) is 18.8. The molecule has 18 heavy (non-hydrogen) atoms. The Labute approximate surface area is 103 Å². The van der Waals surface area contributed by atoms with E-state index in [0.717, 1.165) is 0 Å². The lowest BCUT2D eigenvalue weighted by Gasteiger charge is -2.17. The maximum atomic E-state index is 13.7. The standard InChI is InChI=1S/C12H14FNO4/c1-18-10-4-2-3-7(13)11(10)12(17)14-5-8(15)9(16)6-14/h2-4,8-9,15-16H,5-6H2,1H3/t8-,9+. The minimum Gasteiger partial charge on any atom is -0.496 e. The second-order valence-corrected chi connectivity index (χ2v) is 4.16. The van der Waals surface area contributed by atoms with Gasteiger partial charge in [-0.05, 0) is 12.1 Å². The minimum absolute atomic E-state index is 0.0164. The van der Waals surface area contributed by atoms with E-state index in [0.29, 0.717) is 0 Å². The molecule has 1 amide bonds. The highest BCUT2D eigenvalue weighted by Gasteiger charge is 2.34. The summed E-state index contributed by atoms with van der Waals surface area (Å²) in [4.78, 5) is 13.3. The number of nitrogens with zero attached hydrogens (tertiary/aromatic N) is 1. The first kappa shape index (κ1) is 12.8. The Bertz CT molecular complexity index is 455. The fraction of sp³-hybridized carbons (Fsp3) is 0.417. The van der Waals surface area contributed by atoms with Crippen LogP contribution < -0.4 is 4.74 Å². The fourth-order valence-electron chi connectivity index (χ4n) is 1.98. The molecule has 0 spiro atoms. The summed E-state index contributed by atoms with van der Waals surface area (Å²) in [6, 6.07) is 4.09. The SMILES string of the molecule is COc1cccc(F)c1C(=O)N1C[C@@H](O)[C@@H](O)C1. The first-order valence-electron chi connectivity index (χ1n) is 5.52. The van der Waals surface area contributed by atoms with E-state index in [-0.39, 0.29) is 24.4 Å². The first-order chi connectivity index (χ1) is 8.54. The predicted octanol–water partition coefficient (Wildman–Crippen LogP) is 0.0119. The summed E-state index contributed by atoms with van der Waals surface area (Å²) in [7, 11) is 1.35. The predicted molar refractivity (Wildman–Crippen MR) is 60.9 cm³/mol. The Morgan fingerprint density at radius 2 is 2.00 bits per heavy atom. The molecular weight excluding hydrogens is 241 g/mol. The molecule has 1 aromatic rings. The van der Waals surface area contributed by atoms with Crippen molar-refractivity contribution in [2.45, 2.75) is 12.2 Å². The number of likely N-dealkylation sites (tertiary alicyclic amines) is 1. The number of β-amino-alcohol motifs (C(OH)–C–C–N with tert-alkyl or cyclic N) is 2. The first-order valence-corrected chi connectivity index (χ1v) is 5.52. The van der Waals surface area contributed by atoms with Gasteiger partial charge >= 0.3 is 0 Å². The van der Waals surface area contributed by atoms with Gasteiger partial charge in [-0.1, -0.05) is 6.07 Å². The molecule has 1 fully saturated rings. The van der Waals surface area contributed by atoms with E-state index in [9.17, 15) is 19.4 Å². The van der Waals surface area contributed by atoms with Crippen LogP contribution in [0.3, 0.4) is 0 Å². The highest BCUT2D eigenvalue weighted by molar-refractivity contribution is 5.97. The fourth-order valence-corrected chi connectivity index (χ4v) is 1.98. The van der Waals surface area contributed by atoms with Crippen LogP contribution in [0.15, 0.2) is 18.2 Å². The molecule has 1 aliphatic heterocycles. The molecule has 0 aromatic heterocycles. The third-order valence-corrected chi connectivity index (χ3v) is 2.96. The monoisotopic (exact) mass is 255 g/mol. The van der Waals surface area contributed by atoms with Crippen molar-refractivity contribution >= 4 is 5.91 Å². The van der Waals surface area contributed by atoms with Crippen molar-refractivity contribution < 1.29 is 24.1 Å². The van der Waals surface area contributed by atoms with Crippen molar-refractivity contribution in [2.24, 2.45) is 0 Å². The highest BCUT2D eigenvalue weighted by Crippen LogP contribution is 2.24. The number of carbonyl (C=O) groups excluding carboxylic acids is 1. The molecule has 0 aliphatic carbocycles. The summed E-state index contributed by atoms with van der Waals surface area (Å²) in [6.07, 6.45) is -1.99. The van der Waals surface area contributed by atoms with Gasteiger partial charge in [-0.15, -0.1) is 0 Å². The van der Waals surface area contributed by atoms with E-state index in [1.54, 1.807) is 0 Å². The van der Waals surface area contributed by atoms with Gasteiger partial charge in [-0.25, -0.2) is 4.39 Å². The molecule has 0 unspecified atom stereocenters. The van der Waals surface area contributed by atoms with Crippen molar-refractivity contribution in [2.75, 3.05) is 20.2 Å². The zero-order valence-corrected chi connectivity index (χ0v) is 9.84. The molecule has 1 aromatic carbocycles. The Morgan fingerprint density at radius 3 is 2.56 bits per heavy atom. The second-order valence-electron chi connectivity index (χ2n) is 4.16. The van der Waals surface area contributed by atoms with Gasteiger partial charge in [0.1, 0.15) is 17.1 Å². The lowest BCUT2D eigenvalue weighted by atomic mass is 10.1. The summed E-state index contributed by atoms with van der Waals surface area (Å²) < 4.78 is 18.6. The van der Waals surface area contributed by atoms with E-state index in [1.807, 2.05) is 0 Å². The molecule has 1 heterocycles. The van der Waals surface area contributed by atoms with Gasteiger partial charge in [0, 0.05) is 13.1 Å². The van der Waals surface area contributed by atoms with E-state index < -0.39 is 23.9 Å². The molecule has 98 valence electrons. The van der Waals surface area contributed by atoms with Gasteiger partial charge < -0.3 is 19.8 Å². The molecule has 2 atom stereocenters. The third-order valence-electron chi connectivity index (χ3n) is 2.96. The summed E-state index contributed by atoms with van der Waals surface area (Å²) in [5.41, 5.74) is -0.179. The number of aliphatic hydroxyl groups is 2. The smallest absolute Gasteiger partial charge is 0.260 e. The van der Waals surface area contributed by atoms with Crippen molar-refractivity contribution in [1.29, 1.82) is 0 Å². The molecular formula is C12H14FNO4. The van der Waals surface area contributed by atoms with Crippen LogP contribution in [0.5, 0.6) is 5.75 Å². The number of aliphatic hydroxyl groups excluding tert-OH is 2. The maximum absolute atomic E-state index is 13.7. The van der Waals surface area contributed by atoms with Crippen LogP contribution in [-0.4, -0.2) is 53.4 Å². The van der Waals surface area contributed by atoms with E-state index in [1.165, 1.54) is 30.2 Å². The molecule has 6 heteroatoms. The molecule has 2 rings (SSSR count). The van der Waals surface area contributed by atoms with E-state index in [4.69, 9.17) is 4.74 Å². The summed E-state index contributed by atoms with van der Waals surface area (Å²) in [6.45, 7) is -0.0328. The van der Waals surface area contributed by atoms with Crippen molar-refractivity contribution in [3.63, 3.8) is 0 Å². The van der Waals surface area contributed by atoms with Crippen molar-refractivity contribution in [1.82, 2.24) is 4.90 Å². The normalized spacial score (nSPS) is 23.2. The molecule has 0 bridgehead atoms. The van der Waals surface area contributed by atoms with Gasteiger partial charge in [0.25, 0.3) is 5.91 Å². The van der Waals surface area contributed by atoms with Crippen LogP contribution in [0.2, 0.25) is 0 Å². The number of methoxy groups -OCH3 is 1. The highest BCUT2D eigenvalue weighted by atomic mass is 19.1. The van der Waals surface area contributed by atoms with Crippen LogP contribution in [0.25, 0.3) is 0 Å². The zero-order chi connectivity index (χ0) is 13.3. The van der Waals surface area contributed by atoms with Crippen LogP contribution in [0.1, 0.15) is 10.4 Å². The topological polar surface area (TPSA) is 70.0 Å². The van der Waals surface area contributed by atoms with E-state index in [2.05, 4.69) is 0 Å². The molecule has 5 nitrogen and oxygen atoms in total. The van der Waals surface area contributed by atoms with Crippen LogP contribution in [0.4, 0.5) is 4.39 Å². The third kappa shape index (κ3) is 2.16. The lowest BCUT2D eigenvalue weighted by molar-refractivity contribution is 0.0572. The number of halogens is 1. The van der Waals surface area contributed by atoms with Gasteiger partial charge in [0.15, 0.2) is 0 Å². The van der Waals surface area contributed by atoms with Gasteiger partial charge in [-0.3, -0.25) is 4.79 Å². The minimum atomic E-state index is -0.994. The summed E-state index contributed by atoms with van der Waals surface area (Å²) in [5.74, 6) is -1.15. The number of benzene rings is 1. The number of hydrogen-bond acceptors (Lipinski definition) is 4. The average Bonchev–Trinajstić information content (AvgIpc) is 2.68. The van der Waals surface area contributed by atoms with Crippen LogP contribution in [0, 0.1) is 5.82 Å². The molecule has 0 radical (unpaired) electrons. The Morgan fingerprint density at radius 1 is 1.39 bits per heavy atom. The largest absolute Gasteiger partial charge is 0.496 e. The zero-order valence-electron chi connectivity index (χ0n) is 9.84. The summed E-state index contributed by atoms with van der Waals surface area (Å²) >= 11 is 0. The van der Waals surface area contributed by atoms with Gasteiger partial charge in [0.05, 0.1) is 19.3 Å². The van der Waals surface area contributed by atoms with E-state index >= 15 is 0 Å². The van der Waals surface area contributed by atoms with Gasteiger partial charge in [-0.2, -0.15) is 0 Å². The number of carbonyl (C=O) groups is 1. The number of amides is 1. The quantitative estimate of drug-likeness (QED) is 0.781. The van der Waals surface area contributed by atoms with Crippen molar-refractivity contribution in [3.05, 3.63) is 29.6 Å². The maximum Gasteiger partial charge on any atom is 0.260 e. The Kier molecular flexibility index (Phi) is 3.49. The van der Waals surface area contributed by atoms with Crippen molar-refractivity contribution in [3.8, 4) is 5.75 Å². The Hall–Kier alpha value is -1.66. The average molecular weight is 255 g/mol. The molecule has 2 N–H and O–H groups in total. The molecule has 1 saturated heterocycles.